The molecule has 0 unspecified atom stereocenters. The number of nitrogens with zero attached hydrogens (tertiary/aromatic N) is 3. The Morgan fingerprint density at radius 1 is 0.968 bits per heavy atom. The number of benzene rings is 2. The second kappa shape index (κ2) is 8.80. The average molecular weight is 451 g/mol. The van der Waals surface area contributed by atoms with Gasteiger partial charge in [0.15, 0.2) is 5.82 Å². The number of anilines is 4. The first-order valence-electron chi connectivity index (χ1n) is 9.06. The maximum atomic E-state index is 12.6. The molecule has 0 aliphatic carbocycles. The molecule has 0 bridgehead atoms. The Morgan fingerprint density at radius 2 is 1.58 bits per heavy atom. The smallest absolute Gasteiger partial charge is 0.376 e. The van der Waals surface area contributed by atoms with Gasteiger partial charge in [0.25, 0.3) is 0 Å². The molecule has 0 saturated heterocycles. The zero-order valence-electron chi connectivity index (χ0n) is 16.7. The van der Waals surface area contributed by atoms with E-state index in [2.05, 4.69) is 20.2 Å². The average Bonchev–Trinajstić information content (AvgIpc) is 2.69. The first-order chi connectivity index (χ1) is 14.5. The predicted octanol–water partition coefficient (Wildman–Crippen LogP) is 4.25. The van der Waals surface area contributed by atoms with E-state index < -0.39 is 27.5 Å². The number of aromatic nitrogens is 2. The minimum absolute atomic E-state index is 0.248. The van der Waals surface area contributed by atoms with Gasteiger partial charge in [-0.1, -0.05) is 12.1 Å². The molecule has 1 aromatic heterocycles. The highest BCUT2D eigenvalue weighted by molar-refractivity contribution is 7.91. The molecular formula is C20H20F3N5O2S. The summed E-state index contributed by atoms with van der Waals surface area (Å²) in [4.78, 5) is 1.88. The van der Waals surface area contributed by atoms with Crippen LogP contribution in [0.3, 0.4) is 0 Å². The Balaban J connectivity index is 1.64. The lowest BCUT2D eigenvalue weighted by molar-refractivity contribution is -0.137. The van der Waals surface area contributed by atoms with E-state index in [1.807, 2.05) is 25.1 Å². The first-order valence-corrected chi connectivity index (χ1v) is 10.7. The van der Waals surface area contributed by atoms with Crippen molar-refractivity contribution in [2.45, 2.75) is 11.9 Å². The maximum Gasteiger partial charge on any atom is 0.416 e. The van der Waals surface area contributed by atoms with Crippen LogP contribution >= 0.6 is 0 Å². The van der Waals surface area contributed by atoms with Crippen LogP contribution in [0.5, 0.6) is 0 Å². The predicted molar refractivity (Wildman–Crippen MR) is 114 cm³/mol. The lowest BCUT2D eigenvalue weighted by Gasteiger charge is -2.13. The van der Waals surface area contributed by atoms with Crippen LogP contribution in [0.15, 0.2) is 60.8 Å². The lowest BCUT2D eigenvalue weighted by atomic mass is 10.1. The highest BCUT2D eigenvalue weighted by Gasteiger charge is 2.30. The quantitative estimate of drug-likeness (QED) is 0.559. The highest BCUT2D eigenvalue weighted by Crippen LogP contribution is 2.29. The van der Waals surface area contributed by atoms with E-state index in [4.69, 9.17) is 0 Å². The summed E-state index contributed by atoms with van der Waals surface area (Å²) in [5, 5.41) is 11.0. The van der Waals surface area contributed by atoms with Crippen molar-refractivity contribution in [3.63, 3.8) is 0 Å². The molecule has 0 fully saturated rings. The van der Waals surface area contributed by atoms with E-state index in [1.54, 1.807) is 30.5 Å². The molecule has 11 heteroatoms. The SMILES string of the molecule is CN(C)c1cnnc(Nc2ccc(NS(=O)(=O)Cc3ccc(C(F)(F)F)cc3)cc2)c1. The Kier molecular flexibility index (Phi) is 6.34. The summed E-state index contributed by atoms with van der Waals surface area (Å²) in [5.74, 6) is 0.0831. The van der Waals surface area contributed by atoms with Gasteiger partial charge in [-0.2, -0.15) is 18.3 Å². The van der Waals surface area contributed by atoms with Crippen LogP contribution in [0.25, 0.3) is 0 Å². The molecular weight excluding hydrogens is 431 g/mol. The van der Waals surface area contributed by atoms with Crippen LogP contribution in [0.2, 0.25) is 0 Å². The Morgan fingerprint density at radius 3 is 2.16 bits per heavy atom. The number of alkyl halides is 3. The summed E-state index contributed by atoms with van der Waals surface area (Å²) in [6.45, 7) is 0. The van der Waals surface area contributed by atoms with E-state index in [1.165, 1.54) is 0 Å². The van der Waals surface area contributed by atoms with Crippen LogP contribution in [0.4, 0.5) is 36.1 Å². The normalized spacial score (nSPS) is 11.8. The monoisotopic (exact) mass is 451 g/mol. The summed E-state index contributed by atoms with van der Waals surface area (Å²) in [7, 11) is -0.0398. The van der Waals surface area contributed by atoms with Crippen LogP contribution < -0.4 is 14.9 Å². The van der Waals surface area contributed by atoms with E-state index in [0.717, 1.165) is 30.0 Å². The zero-order chi connectivity index (χ0) is 22.6. The molecule has 0 spiro atoms. The molecule has 164 valence electrons. The van der Waals surface area contributed by atoms with E-state index in [9.17, 15) is 21.6 Å². The van der Waals surface area contributed by atoms with Crippen LogP contribution in [0.1, 0.15) is 11.1 Å². The molecule has 0 radical (unpaired) electrons. The van der Waals surface area contributed by atoms with Gasteiger partial charge in [0.2, 0.25) is 10.0 Å². The second-order valence-electron chi connectivity index (χ2n) is 6.95. The van der Waals surface area contributed by atoms with Crippen molar-refractivity contribution in [2.24, 2.45) is 0 Å². The zero-order valence-corrected chi connectivity index (χ0v) is 17.5. The van der Waals surface area contributed by atoms with Crippen molar-refractivity contribution in [1.82, 2.24) is 10.2 Å². The number of nitrogens with one attached hydrogen (secondary N) is 2. The van der Waals surface area contributed by atoms with Gasteiger partial charge >= 0.3 is 6.18 Å². The molecule has 3 aromatic rings. The minimum atomic E-state index is -4.47. The van der Waals surface area contributed by atoms with Crippen molar-refractivity contribution >= 4 is 32.9 Å². The second-order valence-corrected chi connectivity index (χ2v) is 8.67. The molecule has 1 heterocycles. The highest BCUT2D eigenvalue weighted by atomic mass is 32.2. The van der Waals surface area contributed by atoms with Gasteiger partial charge in [-0.05, 0) is 42.0 Å². The molecule has 31 heavy (non-hydrogen) atoms. The summed E-state index contributed by atoms with van der Waals surface area (Å²) in [5.41, 5.74) is 1.29. The molecule has 0 atom stereocenters. The fraction of sp³-hybridized carbons (Fsp3) is 0.200. The third-order valence-electron chi connectivity index (χ3n) is 4.23. The number of hydrogen-bond donors (Lipinski definition) is 2. The van der Waals surface area contributed by atoms with Gasteiger partial charge < -0.3 is 10.2 Å². The van der Waals surface area contributed by atoms with Crippen molar-refractivity contribution in [2.75, 3.05) is 29.0 Å². The number of rotatable bonds is 7. The van der Waals surface area contributed by atoms with E-state index in [-0.39, 0.29) is 5.56 Å². The Labute approximate surface area is 178 Å². The lowest BCUT2D eigenvalue weighted by Crippen LogP contribution is -2.15. The summed E-state index contributed by atoms with van der Waals surface area (Å²) in [6, 6.07) is 12.3. The van der Waals surface area contributed by atoms with Crippen molar-refractivity contribution in [1.29, 1.82) is 0 Å². The maximum absolute atomic E-state index is 12.6. The largest absolute Gasteiger partial charge is 0.416 e. The summed E-state index contributed by atoms with van der Waals surface area (Å²) >= 11 is 0. The van der Waals surface area contributed by atoms with Crippen molar-refractivity contribution in [3.05, 3.63) is 71.9 Å². The molecule has 2 aromatic carbocycles. The standard InChI is InChI=1S/C20H20F3N5O2S/c1-28(2)18-11-19(26-24-12-18)25-16-7-9-17(10-8-16)27-31(29,30)13-14-3-5-15(6-4-14)20(21,22)23/h3-12,27H,13H2,1-2H3,(H,25,26). The number of sulfonamides is 1. The minimum Gasteiger partial charge on any atom is -0.376 e. The van der Waals surface area contributed by atoms with Crippen LogP contribution in [-0.4, -0.2) is 32.7 Å². The first kappa shape index (κ1) is 22.3. The van der Waals surface area contributed by atoms with Gasteiger partial charge in [0, 0.05) is 31.5 Å². The third-order valence-corrected chi connectivity index (χ3v) is 5.49. The van der Waals surface area contributed by atoms with Crippen molar-refractivity contribution < 1.29 is 21.6 Å². The van der Waals surface area contributed by atoms with Crippen LogP contribution in [0, 0.1) is 0 Å². The molecule has 0 amide bonds. The topological polar surface area (TPSA) is 87.2 Å². The van der Waals surface area contributed by atoms with Gasteiger partial charge in [-0.25, -0.2) is 8.42 Å². The van der Waals surface area contributed by atoms with Gasteiger partial charge in [0.05, 0.1) is 23.2 Å². The van der Waals surface area contributed by atoms with E-state index in [0.29, 0.717) is 17.2 Å². The summed E-state index contributed by atoms with van der Waals surface area (Å²) < 4.78 is 65.0. The fourth-order valence-electron chi connectivity index (χ4n) is 2.66. The summed E-state index contributed by atoms with van der Waals surface area (Å²) in [6.07, 6.45) is -2.84. The number of hydrogen-bond acceptors (Lipinski definition) is 6. The third kappa shape index (κ3) is 6.32. The van der Waals surface area contributed by atoms with Gasteiger partial charge in [-0.15, -0.1) is 5.10 Å². The van der Waals surface area contributed by atoms with E-state index >= 15 is 0 Å². The Bertz CT molecular complexity index is 1130. The molecule has 2 N–H and O–H groups in total. The fourth-order valence-corrected chi connectivity index (χ4v) is 3.86. The molecule has 3 rings (SSSR count). The van der Waals surface area contributed by atoms with Crippen LogP contribution in [-0.2, 0) is 22.0 Å². The molecule has 0 aliphatic heterocycles. The number of halogens is 3. The van der Waals surface area contributed by atoms with Gasteiger partial charge in [0.1, 0.15) is 0 Å². The molecule has 0 saturated carbocycles. The molecule has 0 aliphatic rings. The molecule has 7 nitrogen and oxygen atoms in total. The van der Waals surface area contributed by atoms with Gasteiger partial charge in [-0.3, -0.25) is 4.72 Å². The Hall–Kier alpha value is -3.34. The van der Waals surface area contributed by atoms with Crippen molar-refractivity contribution in [3.8, 4) is 0 Å².